The maximum Gasteiger partial charge on any atom is 0.336 e. The molecular formula is C15H14O6. The molecule has 1 aromatic heterocycles. The third kappa shape index (κ3) is 2.44. The van der Waals surface area contributed by atoms with Gasteiger partial charge in [-0.1, -0.05) is 13.8 Å². The van der Waals surface area contributed by atoms with E-state index in [0.29, 0.717) is 28.2 Å². The molecule has 21 heavy (non-hydrogen) atoms. The highest BCUT2D eigenvalue weighted by Gasteiger charge is 2.24. The normalized spacial score (nSPS) is 12.9. The summed E-state index contributed by atoms with van der Waals surface area (Å²) >= 11 is 0. The number of ketones is 1. The van der Waals surface area contributed by atoms with Crippen LogP contribution in [0.25, 0.3) is 11.0 Å². The van der Waals surface area contributed by atoms with Crippen LogP contribution in [0.2, 0.25) is 0 Å². The molecule has 0 saturated heterocycles. The summed E-state index contributed by atoms with van der Waals surface area (Å²) < 4.78 is 21.4. The Bertz CT molecular complexity index is 759. The summed E-state index contributed by atoms with van der Waals surface area (Å²) in [4.78, 5) is 23.1. The molecule has 0 bridgehead atoms. The maximum absolute atomic E-state index is 11.7. The molecule has 0 aliphatic carbocycles. The largest absolute Gasteiger partial charge is 0.481 e. The van der Waals surface area contributed by atoms with Crippen molar-refractivity contribution in [2.75, 3.05) is 13.4 Å². The van der Waals surface area contributed by atoms with Gasteiger partial charge in [0.1, 0.15) is 12.2 Å². The summed E-state index contributed by atoms with van der Waals surface area (Å²) in [6, 6.07) is 4.45. The Labute approximate surface area is 120 Å². The quantitative estimate of drug-likeness (QED) is 0.803. The van der Waals surface area contributed by atoms with Crippen molar-refractivity contribution in [1.82, 2.24) is 0 Å². The van der Waals surface area contributed by atoms with Crippen molar-refractivity contribution < 1.29 is 23.4 Å². The predicted molar refractivity (Wildman–Crippen MR) is 73.9 cm³/mol. The molecule has 0 amide bonds. The second-order valence-corrected chi connectivity index (χ2v) is 5.02. The molecule has 1 aliphatic rings. The predicted octanol–water partition coefficient (Wildman–Crippen LogP) is 2.13. The van der Waals surface area contributed by atoms with Crippen molar-refractivity contribution in [1.29, 1.82) is 0 Å². The minimum atomic E-state index is -0.467. The van der Waals surface area contributed by atoms with E-state index in [4.69, 9.17) is 18.6 Å². The monoisotopic (exact) mass is 290 g/mol. The number of benzene rings is 1. The van der Waals surface area contributed by atoms with E-state index in [1.165, 1.54) is 6.07 Å². The van der Waals surface area contributed by atoms with E-state index in [-0.39, 0.29) is 25.1 Å². The van der Waals surface area contributed by atoms with Crippen LogP contribution >= 0.6 is 0 Å². The molecule has 0 N–H and O–H groups in total. The first-order valence-corrected chi connectivity index (χ1v) is 6.58. The van der Waals surface area contributed by atoms with Crippen LogP contribution in [0.15, 0.2) is 27.4 Å². The van der Waals surface area contributed by atoms with Crippen LogP contribution in [0.4, 0.5) is 0 Å². The third-order valence-corrected chi connectivity index (χ3v) is 3.22. The molecule has 0 spiro atoms. The van der Waals surface area contributed by atoms with E-state index >= 15 is 0 Å². The van der Waals surface area contributed by atoms with Gasteiger partial charge in [0.2, 0.25) is 12.5 Å². The van der Waals surface area contributed by atoms with E-state index in [1.807, 2.05) is 0 Å². The Balaban J connectivity index is 2.07. The Kier molecular flexibility index (Phi) is 3.29. The molecule has 0 saturated carbocycles. The van der Waals surface area contributed by atoms with Crippen molar-refractivity contribution >= 4 is 16.8 Å². The summed E-state index contributed by atoms with van der Waals surface area (Å²) in [7, 11) is 0. The van der Waals surface area contributed by atoms with Gasteiger partial charge >= 0.3 is 5.63 Å². The highest BCUT2D eigenvalue weighted by atomic mass is 16.7. The molecule has 2 heterocycles. The second-order valence-electron chi connectivity index (χ2n) is 5.02. The SMILES string of the molecule is CC(C)C(=O)COc1c2c(cc3oc(=O)ccc13)OCO2. The first kappa shape index (κ1) is 13.5. The zero-order valence-corrected chi connectivity index (χ0v) is 11.7. The van der Waals surface area contributed by atoms with Gasteiger partial charge in [0, 0.05) is 18.1 Å². The molecule has 6 heteroatoms. The molecule has 0 radical (unpaired) electrons. The Morgan fingerprint density at radius 2 is 2.14 bits per heavy atom. The lowest BCUT2D eigenvalue weighted by atomic mass is 10.1. The third-order valence-electron chi connectivity index (χ3n) is 3.22. The fraction of sp³-hybridized carbons (Fsp3) is 0.333. The topological polar surface area (TPSA) is 75.0 Å². The number of carbonyl (C=O) groups excluding carboxylic acids is 1. The molecule has 1 aromatic carbocycles. The van der Waals surface area contributed by atoms with Crippen molar-refractivity contribution in [2.45, 2.75) is 13.8 Å². The standard InChI is InChI=1S/C15H14O6/c1-8(2)10(16)6-18-14-9-3-4-13(17)21-11(9)5-12-15(14)20-7-19-12/h3-5,8H,6-7H2,1-2H3. The summed E-state index contributed by atoms with van der Waals surface area (Å²) in [5.74, 6) is 1.06. The van der Waals surface area contributed by atoms with E-state index in [0.717, 1.165) is 0 Å². The van der Waals surface area contributed by atoms with Crippen molar-refractivity contribution in [3.8, 4) is 17.2 Å². The maximum atomic E-state index is 11.7. The Hall–Kier alpha value is -2.50. The van der Waals surface area contributed by atoms with Gasteiger partial charge in [-0.05, 0) is 6.07 Å². The van der Waals surface area contributed by atoms with Crippen molar-refractivity contribution in [3.05, 3.63) is 28.6 Å². The van der Waals surface area contributed by atoms with E-state index in [2.05, 4.69) is 0 Å². The average molecular weight is 290 g/mol. The zero-order valence-electron chi connectivity index (χ0n) is 11.7. The molecule has 1 aliphatic heterocycles. The summed E-state index contributed by atoms with van der Waals surface area (Å²) in [5.41, 5.74) is -0.135. The van der Waals surface area contributed by atoms with Crippen LogP contribution in [-0.2, 0) is 4.79 Å². The number of ether oxygens (including phenoxy) is 3. The van der Waals surface area contributed by atoms with E-state index in [9.17, 15) is 9.59 Å². The molecule has 0 unspecified atom stereocenters. The molecule has 2 aromatic rings. The zero-order chi connectivity index (χ0) is 15.0. The van der Waals surface area contributed by atoms with Gasteiger partial charge in [0.25, 0.3) is 0 Å². The minimum Gasteiger partial charge on any atom is -0.481 e. The Morgan fingerprint density at radius 1 is 1.33 bits per heavy atom. The van der Waals surface area contributed by atoms with Crippen LogP contribution in [-0.4, -0.2) is 19.2 Å². The molecule has 3 rings (SSSR count). The smallest absolute Gasteiger partial charge is 0.336 e. The average Bonchev–Trinajstić information content (AvgIpc) is 2.90. The van der Waals surface area contributed by atoms with Gasteiger partial charge in [0.15, 0.2) is 17.3 Å². The summed E-state index contributed by atoms with van der Waals surface area (Å²) in [5, 5.41) is 0.565. The fourth-order valence-corrected chi connectivity index (χ4v) is 1.99. The first-order valence-electron chi connectivity index (χ1n) is 6.58. The number of hydrogen-bond acceptors (Lipinski definition) is 6. The van der Waals surface area contributed by atoms with E-state index in [1.54, 1.807) is 26.0 Å². The van der Waals surface area contributed by atoms with Gasteiger partial charge in [-0.2, -0.15) is 0 Å². The van der Waals surface area contributed by atoms with Gasteiger partial charge in [-0.25, -0.2) is 4.79 Å². The molecule has 0 fully saturated rings. The number of rotatable bonds is 4. The molecule has 110 valence electrons. The van der Waals surface area contributed by atoms with Crippen molar-refractivity contribution in [2.24, 2.45) is 5.92 Å². The van der Waals surface area contributed by atoms with Crippen LogP contribution in [0.3, 0.4) is 0 Å². The summed E-state index contributed by atoms with van der Waals surface area (Å²) in [6.07, 6.45) is 0. The van der Waals surface area contributed by atoms with E-state index < -0.39 is 5.63 Å². The van der Waals surface area contributed by atoms with Gasteiger partial charge in [-0.15, -0.1) is 0 Å². The van der Waals surface area contributed by atoms with Gasteiger partial charge in [-0.3, -0.25) is 4.79 Å². The first-order chi connectivity index (χ1) is 10.1. The van der Waals surface area contributed by atoms with Crippen LogP contribution in [0.5, 0.6) is 17.2 Å². The highest BCUT2D eigenvalue weighted by Crippen LogP contribution is 2.45. The highest BCUT2D eigenvalue weighted by molar-refractivity contribution is 5.90. The lowest BCUT2D eigenvalue weighted by Gasteiger charge is -2.11. The van der Waals surface area contributed by atoms with Gasteiger partial charge < -0.3 is 18.6 Å². The molecule has 6 nitrogen and oxygen atoms in total. The van der Waals surface area contributed by atoms with Crippen molar-refractivity contribution in [3.63, 3.8) is 0 Å². The fourth-order valence-electron chi connectivity index (χ4n) is 1.99. The minimum absolute atomic E-state index is 0.0305. The lowest BCUT2D eigenvalue weighted by Crippen LogP contribution is -2.17. The molecular weight excluding hydrogens is 276 g/mol. The number of Topliss-reactive ketones (excluding diaryl/α,β-unsaturated/α-hetero) is 1. The molecule has 0 atom stereocenters. The number of carbonyl (C=O) groups is 1. The lowest BCUT2D eigenvalue weighted by molar-refractivity contribution is -0.123. The van der Waals surface area contributed by atoms with Gasteiger partial charge in [0.05, 0.1) is 5.39 Å². The van der Waals surface area contributed by atoms with Crippen LogP contribution < -0.4 is 19.8 Å². The number of hydrogen-bond donors (Lipinski definition) is 0. The second kappa shape index (κ2) is 5.12. The van der Waals surface area contributed by atoms with Crippen LogP contribution in [0, 0.1) is 5.92 Å². The Morgan fingerprint density at radius 3 is 2.90 bits per heavy atom. The summed E-state index contributed by atoms with van der Waals surface area (Å²) in [6.45, 7) is 3.59. The van der Waals surface area contributed by atoms with Crippen LogP contribution in [0.1, 0.15) is 13.8 Å². The number of fused-ring (bicyclic) bond motifs is 2.